The molecule has 0 bridgehead atoms. The van der Waals surface area contributed by atoms with Crippen molar-refractivity contribution >= 4 is 34.1 Å². The number of nitrogens with zero attached hydrogens (tertiary/aromatic N) is 5. The second-order valence-electron chi connectivity index (χ2n) is 11.8. The zero-order chi connectivity index (χ0) is 31.5. The number of aliphatic hydroxyl groups is 1. The van der Waals surface area contributed by atoms with Crippen molar-refractivity contribution in [2.75, 3.05) is 30.3 Å². The lowest BCUT2D eigenvalue weighted by molar-refractivity contribution is -0.116. The van der Waals surface area contributed by atoms with Gasteiger partial charge < -0.3 is 21.1 Å². The number of anilines is 2. The van der Waals surface area contributed by atoms with Gasteiger partial charge in [-0.2, -0.15) is 19.6 Å². The molecule has 4 heterocycles. The third kappa shape index (κ3) is 6.54. The number of carbonyl (C=O) groups excluding carboxylic acids is 1. The fraction of sp³-hybridized carbons (Fsp3) is 0.324. The van der Waals surface area contributed by atoms with E-state index < -0.39 is 17.7 Å². The number of fused-ring (bicyclic) bond motifs is 2. The van der Waals surface area contributed by atoms with Gasteiger partial charge in [0.25, 0.3) is 0 Å². The summed E-state index contributed by atoms with van der Waals surface area (Å²) in [5.41, 5.74) is 5.21. The summed E-state index contributed by atoms with van der Waals surface area (Å²) in [6.07, 6.45) is 3.98. The molecule has 11 heteroatoms. The molecule has 6 rings (SSSR count). The normalized spacial score (nSPS) is 16.7. The number of piperidine rings is 1. The molecule has 2 aromatic carbocycles. The van der Waals surface area contributed by atoms with E-state index in [2.05, 4.69) is 41.5 Å². The van der Waals surface area contributed by atoms with Crippen molar-refractivity contribution in [3.05, 3.63) is 90.0 Å². The Kier molecular flexibility index (Phi) is 8.81. The Bertz CT molecular complexity index is 1870. The summed E-state index contributed by atoms with van der Waals surface area (Å²) in [6.45, 7) is 9.80. The van der Waals surface area contributed by atoms with Gasteiger partial charge in [-0.15, -0.1) is 0 Å². The fourth-order valence-corrected chi connectivity index (χ4v) is 5.77. The van der Waals surface area contributed by atoms with Crippen LogP contribution in [0.2, 0.25) is 0 Å². The third-order valence-electron chi connectivity index (χ3n) is 8.33. The van der Waals surface area contributed by atoms with Crippen LogP contribution in [-0.4, -0.2) is 61.2 Å². The molecule has 5 aromatic rings. The number of allylic oxidation sites excluding steroid dienone is 1. The summed E-state index contributed by atoms with van der Waals surface area (Å²) in [5, 5.41) is 26.9. The number of aliphatic hydroxyl groups excluding tert-OH is 1. The summed E-state index contributed by atoms with van der Waals surface area (Å²) in [4.78, 5) is 26.2. The molecule has 45 heavy (non-hydrogen) atoms. The number of ketones is 1. The van der Waals surface area contributed by atoms with Crippen LogP contribution in [-0.2, 0) is 17.8 Å². The zero-order valence-corrected chi connectivity index (χ0v) is 25.4. The Morgan fingerprint density at radius 1 is 1.18 bits per heavy atom. The average molecular weight is 609 g/mol. The van der Waals surface area contributed by atoms with Gasteiger partial charge in [0.05, 0.1) is 18.0 Å². The minimum atomic E-state index is -0.938. The molecule has 2 unspecified atom stereocenters. The first-order chi connectivity index (χ1) is 21.8. The van der Waals surface area contributed by atoms with Crippen LogP contribution in [0, 0.1) is 5.92 Å². The van der Waals surface area contributed by atoms with Crippen LogP contribution >= 0.6 is 0 Å². The number of benzene rings is 2. The van der Waals surface area contributed by atoms with Crippen molar-refractivity contribution in [3.63, 3.8) is 0 Å². The quantitative estimate of drug-likeness (QED) is 0.152. The zero-order valence-electron chi connectivity index (χ0n) is 25.4. The first-order valence-corrected chi connectivity index (χ1v) is 15.2. The number of hydrogen-bond acceptors (Lipinski definition) is 9. The van der Waals surface area contributed by atoms with Crippen LogP contribution in [0.25, 0.3) is 27.7 Å². The van der Waals surface area contributed by atoms with E-state index in [1.165, 1.54) is 0 Å². The molecule has 1 fully saturated rings. The van der Waals surface area contributed by atoms with E-state index >= 15 is 0 Å². The maximum Gasteiger partial charge on any atom is 0.229 e. The Balaban J connectivity index is 1.29. The van der Waals surface area contributed by atoms with Gasteiger partial charge in [-0.1, -0.05) is 62.9 Å². The van der Waals surface area contributed by atoms with E-state index in [4.69, 9.17) is 15.0 Å². The molecule has 4 N–H and O–H groups in total. The van der Waals surface area contributed by atoms with Crippen molar-refractivity contribution in [2.45, 2.75) is 45.3 Å². The van der Waals surface area contributed by atoms with Gasteiger partial charge >= 0.3 is 0 Å². The standard InChI is InChI=1S/C34H37FN8O2/c1-20(2)28-18-40-43-32(28)41-33(38-17-25-10-12-36-19-30(25)45)42-34(43)39-16-24-6-4-5-7-26(24)31-27-9-8-22(15-29(44)21(3)35)14-23(27)11-13-37-31/h4-9,11,13-14,18,20,25,30,36,45H,3,10,12,15-17,19H2,1-2H3,(H2,38,39,41,42). The van der Waals surface area contributed by atoms with Gasteiger partial charge in [-0.25, -0.2) is 4.39 Å². The number of Topliss-reactive ketones (excluding diaryl/α,β-unsaturated/α-hetero) is 1. The van der Waals surface area contributed by atoms with Gasteiger partial charge in [0.1, 0.15) is 0 Å². The number of carbonyl (C=O) groups is 1. The predicted octanol–water partition coefficient (Wildman–Crippen LogP) is 5.05. The van der Waals surface area contributed by atoms with Crippen molar-refractivity contribution < 1.29 is 14.3 Å². The largest absolute Gasteiger partial charge is 0.391 e. The molecule has 0 aliphatic carbocycles. The second kappa shape index (κ2) is 13.1. The van der Waals surface area contributed by atoms with E-state index in [0.29, 0.717) is 37.1 Å². The van der Waals surface area contributed by atoms with E-state index in [1.807, 2.05) is 54.7 Å². The topological polar surface area (TPSA) is 129 Å². The van der Waals surface area contributed by atoms with Crippen molar-refractivity contribution in [3.8, 4) is 11.3 Å². The van der Waals surface area contributed by atoms with E-state index in [1.54, 1.807) is 10.7 Å². The molecular formula is C34H37FN8O2. The van der Waals surface area contributed by atoms with Gasteiger partial charge in [-0.3, -0.25) is 9.78 Å². The summed E-state index contributed by atoms with van der Waals surface area (Å²) in [6, 6.07) is 15.6. The molecule has 1 aliphatic heterocycles. The number of rotatable bonds is 11. The summed E-state index contributed by atoms with van der Waals surface area (Å²) in [5.74, 6) is -0.211. The second-order valence-corrected chi connectivity index (χ2v) is 11.8. The SMILES string of the molecule is C=C(F)C(=O)Cc1ccc2c(-c3ccccc3CNc3nc(NCC4CCNCC4O)nc4c(C(C)C)cnn34)nccc2c1. The first-order valence-electron chi connectivity index (χ1n) is 15.2. The van der Waals surface area contributed by atoms with E-state index in [9.17, 15) is 14.3 Å². The molecule has 3 aromatic heterocycles. The molecule has 2 atom stereocenters. The molecule has 1 aliphatic rings. The van der Waals surface area contributed by atoms with Crippen LogP contribution in [0.1, 0.15) is 42.9 Å². The highest BCUT2D eigenvalue weighted by Gasteiger charge is 2.23. The van der Waals surface area contributed by atoms with Crippen LogP contribution in [0.4, 0.5) is 16.3 Å². The fourth-order valence-electron chi connectivity index (χ4n) is 5.77. The Morgan fingerprint density at radius 2 is 2.02 bits per heavy atom. The van der Waals surface area contributed by atoms with Crippen LogP contribution in [0.3, 0.4) is 0 Å². The molecule has 0 amide bonds. The lowest BCUT2D eigenvalue weighted by Gasteiger charge is -2.28. The predicted molar refractivity (Wildman–Crippen MR) is 174 cm³/mol. The van der Waals surface area contributed by atoms with Crippen LogP contribution in [0.5, 0.6) is 0 Å². The summed E-state index contributed by atoms with van der Waals surface area (Å²) >= 11 is 0. The summed E-state index contributed by atoms with van der Waals surface area (Å²) < 4.78 is 15.0. The molecule has 0 radical (unpaired) electrons. The number of β-amino-alcohol motifs (C(OH)–C–C–N with tert-alkyl or cyclic N) is 1. The minimum Gasteiger partial charge on any atom is -0.391 e. The number of nitrogens with one attached hydrogen (secondary N) is 3. The van der Waals surface area contributed by atoms with Gasteiger partial charge in [-0.05, 0) is 41.5 Å². The minimum absolute atomic E-state index is 0.0436. The average Bonchev–Trinajstić information content (AvgIpc) is 3.48. The molecule has 0 saturated carbocycles. The van der Waals surface area contributed by atoms with Gasteiger partial charge in [0, 0.05) is 54.7 Å². The molecule has 10 nitrogen and oxygen atoms in total. The number of pyridine rings is 1. The maximum atomic E-state index is 13.3. The Morgan fingerprint density at radius 3 is 2.82 bits per heavy atom. The van der Waals surface area contributed by atoms with Gasteiger partial charge in [0.2, 0.25) is 11.9 Å². The highest BCUT2D eigenvalue weighted by Crippen LogP contribution is 2.31. The monoisotopic (exact) mass is 608 g/mol. The maximum absolute atomic E-state index is 13.3. The highest BCUT2D eigenvalue weighted by molar-refractivity contribution is 5.98. The lowest BCUT2D eigenvalue weighted by atomic mass is 9.95. The molecule has 232 valence electrons. The number of halogens is 1. The lowest BCUT2D eigenvalue weighted by Crippen LogP contribution is -2.43. The first kappa shape index (κ1) is 30.3. The number of aromatic nitrogens is 5. The Hall–Kier alpha value is -4.74. The number of hydrogen-bond donors (Lipinski definition) is 4. The van der Waals surface area contributed by atoms with Crippen LogP contribution < -0.4 is 16.0 Å². The smallest absolute Gasteiger partial charge is 0.229 e. The van der Waals surface area contributed by atoms with Crippen molar-refractivity contribution in [2.24, 2.45) is 5.92 Å². The van der Waals surface area contributed by atoms with E-state index in [-0.39, 0.29) is 18.3 Å². The molecular weight excluding hydrogens is 571 g/mol. The molecule has 1 saturated heterocycles. The van der Waals surface area contributed by atoms with Crippen molar-refractivity contribution in [1.82, 2.24) is 29.9 Å². The van der Waals surface area contributed by atoms with E-state index in [0.717, 1.165) is 51.8 Å². The van der Waals surface area contributed by atoms with Crippen molar-refractivity contribution in [1.29, 1.82) is 0 Å². The molecule has 0 spiro atoms. The van der Waals surface area contributed by atoms with Gasteiger partial charge in [0.15, 0.2) is 17.3 Å². The van der Waals surface area contributed by atoms with Crippen LogP contribution in [0.15, 0.2) is 73.3 Å². The third-order valence-corrected chi connectivity index (χ3v) is 8.33. The summed E-state index contributed by atoms with van der Waals surface area (Å²) in [7, 11) is 0. The highest BCUT2D eigenvalue weighted by atomic mass is 19.1. The Labute approximate surface area is 260 Å².